The SMILES string of the molecule is CCn1c(C(C)N2CCN(C(=O)Nc3cccc(C(F)(F)F)c3)C(C)C2)nc2ccccc2c1=O. The summed E-state index contributed by atoms with van der Waals surface area (Å²) in [7, 11) is 0. The average molecular weight is 488 g/mol. The van der Waals surface area contributed by atoms with E-state index in [1.54, 1.807) is 15.5 Å². The van der Waals surface area contributed by atoms with Crippen LogP contribution in [0.25, 0.3) is 10.9 Å². The van der Waals surface area contributed by atoms with E-state index in [1.165, 1.54) is 12.1 Å². The maximum Gasteiger partial charge on any atom is 0.416 e. The van der Waals surface area contributed by atoms with Gasteiger partial charge in [0.2, 0.25) is 0 Å². The van der Waals surface area contributed by atoms with Crippen LogP contribution in [0.1, 0.15) is 38.2 Å². The number of carbonyl (C=O) groups excluding carboxylic acids is 1. The van der Waals surface area contributed by atoms with Gasteiger partial charge in [0.25, 0.3) is 5.56 Å². The Bertz CT molecular complexity index is 1290. The molecule has 1 fully saturated rings. The van der Waals surface area contributed by atoms with Crippen LogP contribution in [0.5, 0.6) is 0 Å². The summed E-state index contributed by atoms with van der Waals surface area (Å²) in [5.74, 6) is 0.672. The lowest BCUT2D eigenvalue weighted by atomic mass is 10.1. The van der Waals surface area contributed by atoms with Gasteiger partial charge in [-0.25, -0.2) is 9.78 Å². The van der Waals surface area contributed by atoms with E-state index < -0.39 is 17.8 Å². The molecule has 4 rings (SSSR count). The van der Waals surface area contributed by atoms with Gasteiger partial charge in [0.05, 0.1) is 22.5 Å². The van der Waals surface area contributed by atoms with Gasteiger partial charge in [-0.2, -0.15) is 13.2 Å². The predicted octanol–water partition coefficient (Wildman–Crippen LogP) is 4.73. The Hall–Kier alpha value is -3.40. The number of alkyl halides is 3. The van der Waals surface area contributed by atoms with Crippen LogP contribution >= 0.6 is 0 Å². The van der Waals surface area contributed by atoms with Gasteiger partial charge >= 0.3 is 12.2 Å². The van der Waals surface area contributed by atoms with Crippen molar-refractivity contribution in [2.75, 3.05) is 25.0 Å². The monoisotopic (exact) mass is 487 g/mol. The zero-order valence-corrected chi connectivity index (χ0v) is 19.8. The van der Waals surface area contributed by atoms with E-state index in [1.807, 2.05) is 39.0 Å². The van der Waals surface area contributed by atoms with Crippen LogP contribution in [0, 0.1) is 0 Å². The number of rotatable bonds is 4. The number of nitrogens with one attached hydrogen (secondary N) is 1. The van der Waals surface area contributed by atoms with Crippen molar-refractivity contribution in [1.82, 2.24) is 19.4 Å². The fourth-order valence-electron chi connectivity index (χ4n) is 4.58. The highest BCUT2D eigenvalue weighted by Crippen LogP contribution is 2.31. The van der Waals surface area contributed by atoms with Gasteiger partial charge in [-0.1, -0.05) is 18.2 Å². The Morgan fingerprint density at radius 1 is 1.17 bits per heavy atom. The van der Waals surface area contributed by atoms with Crippen molar-refractivity contribution in [3.8, 4) is 0 Å². The van der Waals surface area contributed by atoms with Gasteiger partial charge < -0.3 is 10.2 Å². The van der Waals surface area contributed by atoms with Gasteiger partial charge in [-0.05, 0) is 51.1 Å². The van der Waals surface area contributed by atoms with Gasteiger partial charge in [-0.3, -0.25) is 14.3 Å². The second-order valence-electron chi connectivity index (χ2n) is 8.76. The van der Waals surface area contributed by atoms with Crippen molar-refractivity contribution < 1.29 is 18.0 Å². The average Bonchev–Trinajstić information content (AvgIpc) is 2.83. The van der Waals surface area contributed by atoms with Crippen molar-refractivity contribution in [2.45, 2.75) is 45.6 Å². The fourth-order valence-corrected chi connectivity index (χ4v) is 4.58. The summed E-state index contributed by atoms with van der Waals surface area (Å²) < 4.78 is 40.7. The van der Waals surface area contributed by atoms with Crippen LogP contribution in [0.3, 0.4) is 0 Å². The molecule has 1 saturated heterocycles. The summed E-state index contributed by atoms with van der Waals surface area (Å²) in [6, 6.07) is 11.1. The van der Waals surface area contributed by atoms with Crippen LogP contribution in [-0.2, 0) is 12.7 Å². The van der Waals surface area contributed by atoms with E-state index in [0.29, 0.717) is 42.9 Å². The third-order valence-corrected chi connectivity index (χ3v) is 6.49. The molecule has 1 N–H and O–H groups in total. The van der Waals surface area contributed by atoms with Crippen LogP contribution in [0.4, 0.5) is 23.7 Å². The smallest absolute Gasteiger partial charge is 0.319 e. The number of para-hydroxylation sites is 1. The summed E-state index contributed by atoms with van der Waals surface area (Å²) >= 11 is 0. The summed E-state index contributed by atoms with van der Waals surface area (Å²) in [6.07, 6.45) is -4.48. The molecule has 0 saturated carbocycles. The van der Waals surface area contributed by atoms with Crippen LogP contribution in [-0.4, -0.2) is 51.1 Å². The number of urea groups is 1. The Labute approximate surface area is 201 Å². The van der Waals surface area contributed by atoms with E-state index in [0.717, 1.165) is 12.1 Å². The highest BCUT2D eigenvalue weighted by atomic mass is 19.4. The van der Waals surface area contributed by atoms with Gasteiger partial charge in [0.15, 0.2) is 0 Å². The maximum atomic E-state index is 13.0. The topological polar surface area (TPSA) is 70.5 Å². The number of benzene rings is 2. The second kappa shape index (κ2) is 9.69. The van der Waals surface area contributed by atoms with Gasteiger partial charge in [0.1, 0.15) is 5.82 Å². The minimum absolute atomic E-state index is 0.0768. The summed E-state index contributed by atoms with van der Waals surface area (Å²) in [5.41, 5.74) is -0.143. The second-order valence-corrected chi connectivity index (χ2v) is 8.76. The Morgan fingerprint density at radius 2 is 1.91 bits per heavy atom. The molecular formula is C25H28F3N5O2. The number of aromatic nitrogens is 2. The van der Waals surface area contributed by atoms with Crippen molar-refractivity contribution in [2.24, 2.45) is 0 Å². The molecule has 1 aliphatic rings. The fraction of sp³-hybridized carbons (Fsp3) is 0.400. The first kappa shape index (κ1) is 24.7. The van der Waals surface area contributed by atoms with E-state index >= 15 is 0 Å². The number of carbonyl (C=O) groups is 1. The molecule has 2 atom stereocenters. The first-order valence-corrected chi connectivity index (χ1v) is 11.6. The molecule has 2 aromatic carbocycles. The lowest BCUT2D eigenvalue weighted by Gasteiger charge is -2.42. The van der Waals surface area contributed by atoms with E-state index in [2.05, 4.69) is 10.2 Å². The van der Waals surface area contributed by atoms with Crippen LogP contribution in [0.2, 0.25) is 0 Å². The third kappa shape index (κ3) is 5.02. The molecule has 0 bridgehead atoms. The lowest BCUT2D eigenvalue weighted by Crippen LogP contribution is -2.55. The largest absolute Gasteiger partial charge is 0.416 e. The summed E-state index contributed by atoms with van der Waals surface area (Å²) in [6.45, 7) is 7.74. The number of anilines is 1. The molecule has 3 aromatic rings. The van der Waals surface area contributed by atoms with Crippen LogP contribution < -0.4 is 10.9 Å². The molecule has 7 nitrogen and oxygen atoms in total. The highest BCUT2D eigenvalue weighted by Gasteiger charge is 2.33. The lowest BCUT2D eigenvalue weighted by molar-refractivity contribution is -0.137. The molecule has 2 amide bonds. The van der Waals surface area contributed by atoms with Crippen LogP contribution in [0.15, 0.2) is 53.3 Å². The number of amides is 2. The zero-order chi connectivity index (χ0) is 25.3. The standard InChI is InChI=1S/C25H28F3N5O2/c1-4-32-22(30-21-11-6-5-10-20(21)23(32)34)17(3)31-12-13-33(16(2)15-31)24(35)29-19-9-7-8-18(14-19)25(26,27)28/h5-11,14,16-17H,4,12-13,15H2,1-3H3,(H,29,35). The Kier molecular flexibility index (Phi) is 6.84. The molecule has 1 aromatic heterocycles. The predicted molar refractivity (Wildman–Crippen MR) is 128 cm³/mol. The first-order chi connectivity index (χ1) is 16.6. The third-order valence-electron chi connectivity index (χ3n) is 6.49. The molecule has 0 spiro atoms. The number of hydrogen-bond acceptors (Lipinski definition) is 4. The molecule has 186 valence electrons. The highest BCUT2D eigenvalue weighted by molar-refractivity contribution is 5.89. The number of fused-ring (bicyclic) bond motifs is 1. The number of halogens is 3. The van der Waals surface area contributed by atoms with Crippen molar-refractivity contribution in [3.05, 3.63) is 70.3 Å². The summed E-state index contributed by atoms with van der Waals surface area (Å²) in [4.78, 5) is 34.4. The quantitative estimate of drug-likeness (QED) is 0.578. The molecular weight excluding hydrogens is 459 g/mol. The Morgan fingerprint density at radius 3 is 2.60 bits per heavy atom. The molecule has 0 radical (unpaired) electrons. The number of nitrogens with zero attached hydrogens (tertiary/aromatic N) is 4. The van der Waals surface area contributed by atoms with E-state index in [9.17, 15) is 22.8 Å². The van der Waals surface area contributed by atoms with E-state index in [4.69, 9.17) is 4.98 Å². The van der Waals surface area contributed by atoms with Gasteiger partial charge in [0, 0.05) is 37.9 Å². The zero-order valence-electron chi connectivity index (χ0n) is 19.8. The maximum absolute atomic E-state index is 13.0. The number of hydrogen-bond donors (Lipinski definition) is 1. The minimum atomic E-state index is -4.48. The van der Waals surface area contributed by atoms with Gasteiger partial charge in [-0.15, -0.1) is 0 Å². The molecule has 2 heterocycles. The molecule has 1 aliphatic heterocycles. The first-order valence-electron chi connectivity index (χ1n) is 11.6. The number of piperazine rings is 1. The summed E-state index contributed by atoms with van der Waals surface area (Å²) in [5, 5.41) is 3.17. The van der Waals surface area contributed by atoms with Crippen molar-refractivity contribution in [3.63, 3.8) is 0 Å². The Balaban J connectivity index is 1.48. The molecule has 0 aliphatic carbocycles. The normalized spacial score (nSPS) is 18.0. The molecule has 2 unspecified atom stereocenters. The van der Waals surface area contributed by atoms with Crippen molar-refractivity contribution in [1.29, 1.82) is 0 Å². The molecule has 10 heteroatoms. The molecule has 35 heavy (non-hydrogen) atoms. The van der Waals surface area contributed by atoms with E-state index in [-0.39, 0.29) is 23.3 Å². The van der Waals surface area contributed by atoms with Crippen molar-refractivity contribution >= 4 is 22.6 Å². The minimum Gasteiger partial charge on any atom is -0.319 e.